The molecule has 0 aliphatic rings. The zero-order valence-electron chi connectivity index (χ0n) is 9.28. The molecule has 17 heavy (non-hydrogen) atoms. The van der Waals surface area contributed by atoms with E-state index in [0.717, 1.165) is 0 Å². The van der Waals surface area contributed by atoms with Gasteiger partial charge in [-0.15, -0.1) is 0 Å². The van der Waals surface area contributed by atoms with E-state index in [2.05, 4.69) is 0 Å². The molecule has 0 fully saturated rings. The van der Waals surface area contributed by atoms with Gasteiger partial charge in [-0.05, 0) is 12.1 Å². The normalized spacial score (nSPS) is 11.2. The molecule has 3 heteroatoms. The number of aliphatic hydroxyl groups is 2. The molecular weight excluding hydrogens is 216 g/mol. The minimum absolute atomic E-state index is 0.207. The summed E-state index contributed by atoms with van der Waals surface area (Å²) in [4.78, 5) is 0. The van der Waals surface area contributed by atoms with Crippen molar-refractivity contribution < 1.29 is 14.9 Å². The predicted octanol–water partition coefficient (Wildman–Crippen LogP) is 1.90. The smallest absolute Gasteiger partial charge is 0.225 e. The summed E-state index contributed by atoms with van der Waals surface area (Å²) >= 11 is 0. The zero-order valence-corrected chi connectivity index (χ0v) is 9.28. The second-order valence-corrected chi connectivity index (χ2v) is 3.78. The molecule has 2 N–H and O–H groups in total. The van der Waals surface area contributed by atoms with Crippen molar-refractivity contribution in [1.29, 1.82) is 0 Å². The highest BCUT2D eigenvalue weighted by atomic mass is 16.6. The van der Waals surface area contributed by atoms with Crippen LogP contribution in [0.3, 0.4) is 0 Å². The van der Waals surface area contributed by atoms with E-state index in [9.17, 15) is 10.2 Å². The van der Waals surface area contributed by atoms with Crippen molar-refractivity contribution in [3.8, 4) is 5.75 Å². The minimum atomic E-state index is -1.98. The Labute approximate surface area is 99.9 Å². The Hall–Kier alpha value is -1.84. The topological polar surface area (TPSA) is 49.7 Å². The van der Waals surface area contributed by atoms with Crippen LogP contribution in [0.25, 0.3) is 0 Å². The van der Waals surface area contributed by atoms with Crippen LogP contribution in [-0.2, 0) is 5.79 Å². The van der Waals surface area contributed by atoms with Crippen molar-refractivity contribution in [1.82, 2.24) is 0 Å². The van der Waals surface area contributed by atoms with Crippen LogP contribution in [0.1, 0.15) is 5.56 Å². The van der Waals surface area contributed by atoms with Gasteiger partial charge in [0.05, 0.1) is 0 Å². The molecule has 0 atom stereocenters. The predicted molar refractivity (Wildman–Crippen MR) is 64.5 cm³/mol. The van der Waals surface area contributed by atoms with Gasteiger partial charge in [0, 0.05) is 5.56 Å². The average molecular weight is 230 g/mol. The minimum Gasteiger partial charge on any atom is -0.488 e. The number of benzene rings is 2. The van der Waals surface area contributed by atoms with Crippen molar-refractivity contribution in [3.05, 3.63) is 66.2 Å². The first-order valence-corrected chi connectivity index (χ1v) is 5.36. The van der Waals surface area contributed by atoms with E-state index < -0.39 is 5.79 Å². The van der Waals surface area contributed by atoms with Gasteiger partial charge < -0.3 is 14.9 Å². The number of hydrogen-bond donors (Lipinski definition) is 2. The van der Waals surface area contributed by atoms with Gasteiger partial charge in [-0.2, -0.15) is 0 Å². The molecule has 2 rings (SSSR count). The van der Waals surface area contributed by atoms with Gasteiger partial charge in [0.2, 0.25) is 5.79 Å². The third-order valence-electron chi connectivity index (χ3n) is 2.42. The molecular formula is C14H14O3. The Kier molecular flexibility index (Phi) is 3.42. The van der Waals surface area contributed by atoms with Crippen LogP contribution in [-0.4, -0.2) is 16.8 Å². The first kappa shape index (κ1) is 11.6. The van der Waals surface area contributed by atoms with Gasteiger partial charge in [-0.3, -0.25) is 0 Å². The molecule has 0 aliphatic heterocycles. The lowest BCUT2D eigenvalue weighted by Gasteiger charge is -2.22. The first-order valence-electron chi connectivity index (χ1n) is 5.36. The van der Waals surface area contributed by atoms with E-state index in [1.165, 1.54) is 0 Å². The highest BCUT2D eigenvalue weighted by Crippen LogP contribution is 2.19. The molecule has 2 aromatic carbocycles. The first-order chi connectivity index (χ1) is 8.18. The molecule has 0 unspecified atom stereocenters. The quantitative estimate of drug-likeness (QED) is 0.789. The molecule has 2 aromatic rings. The summed E-state index contributed by atoms with van der Waals surface area (Å²) < 4.78 is 5.33. The Balaban J connectivity index is 2.03. The molecule has 0 heterocycles. The van der Waals surface area contributed by atoms with E-state index in [1.807, 2.05) is 24.3 Å². The van der Waals surface area contributed by atoms with Crippen LogP contribution in [0.15, 0.2) is 60.7 Å². The largest absolute Gasteiger partial charge is 0.488 e. The summed E-state index contributed by atoms with van der Waals surface area (Å²) in [6, 6.07) is 17.7. The number of para-hydroxylation sites is 1. The van der Waals surface area contributed by atoms with Crippen LogP contribution in [0.5, 0.6) is 5.75 Å². The number of hydrogen-bond acceptors (Lipinski definition) is 3. The monoisotopic (exact) mass is 230 g/mol. The van der Waals surface area contributed by atoms with Gasteiger partial charge in [-0.25, -0.2) is 0 Å². The Morgan fingerprint density at radius 1 is 0.824 bits per heavy atom. The van der Waals surface area contributed by atoms with Gasteiger partial charge in [0.25, 0.3) is 0 Å². The van der Waals surface area contributed by atoms with Crippen molar-refractivity contribution in [3.63, 3.8) is 0 Å². The van der Waals surface area contributed by atoms with Crippen LogP contribution < -0.4 is 4.74 Å². The maximum absolute atomic E-state index is 9.88. The maximum Gasteiger partial charge on any atom is 0.225 e. The van der Waals surface area contributed by atoms with Gasteiger partial charge in [-0.1, -0.05) is 48.5 Å². The summed E-state index contributed by atoms with van der Waals surface area (Å²) in [5.41, 5.74) is 0.413. The lowest BCUT2D eigenvalue weighted by molar-refractivity contribution is -0.189. The molecule has 0 radical (unpaired) electrons. The molecule has 3 nitrogen and oxygen atoms in total. The zero-order chi connectivity index (χ0) is 12.1. The summed E-state index contributed by atoms with van der Waals surface area (Å²) in [6.45, 7) is -0.207. The van der Waals surface area contributed by atoms with Crippen LogP contribution >= 0.6 is 0 Å². The highest BCUT2D eigenvalue weighted by molar-refractivity contribution is 5.23. The van der Waals surface area contributed by atoms with Crippen molar-refractivity contribution in [2.75, 3.05) is 6.61 Å². The lowest BCUT2D eigenvalue weighted by Crippen LogP contribution is -2.32. The highest BCUT2D eigenvalue weighted by Gasteiger charge is 2.26. The summed E-state index contributed by atoms with van der Waals surface area (Å²) in [7, 11) is 0. The SMILES string of the molecule is OC(O)(COc1ccccc1)c1ccccc1. The fraction of sp³-hybridized carbons (Fsp3) is 0.143. The second kappa shape index (κ2) is 4.99. The Morgan fingerprint density at radius 3 is 1.94 bits per heavy atom. The van der Waals surface area contributed by atoms with Crippen LogP contribution in [0.2, 0.25) is 0 Å². The van der Waals surface area contributed by atoms with E-state index in [4.69, 9.17) is 4.74 Å². The molecule has 0 bridgehead atoms. The summed E-state index contributed by atoms with van der Waals surface area (Å²) in [6.07, 6.45) is 0. The van der Waals surface area contributed by atoms with Crippen molar-refractivity contribution >= 4 is 0 Å². The Bertz CT molecular complexity index is 451. The number of ether oxygens (including phenoxy) is 1. The molecule has 0 amide bonds. The van der Waals surface area contributed by atoms with E-state index in [0.29, 0.717) is 11.3 Å². The summed E-state index contributed by atoms with van der Waals surface area (Å²) in [5, 5.41) is 19.8. The molecule has 88 valence electrons. The maximum atomic E-state index is 9.88. The third kappa shape index (κ3) is 3.06. The fourth-order valence-corrected chi connectivity index (χ4v) is 1.49. The van der Waals surface area contributed by atoms with E-state index >= 15 is 0 Å². The number of rotatable bonds is 4. The lowest BCUT2D eigenvalue weighted by atomic mass is 10.1. The Morgan fingerprint density at radius 2 is 1.35 bits per heavy atom. The molecule has 0 saturated carbocycles. The van der Waals surface area contributed by atoms with E-state index in [-0.39, 0.29) is 6.61 Å². The third-order valence-corrected chi connectivity index (χ3v) is 2.42. The second-order valence-electron chi connectivity index (χ2n) is 3.78. The molecule has 0 aliphatic carbocycles. The van der Waals surface area contributed by atoms with Crippen LogP contribution in [0.4, 0.5) is 0 Å². The molecule has 0 saturated heterocycles. The van der Waals surface area contributed by atoms with Crippen molar-refractivity contribution in [2.24, 2.45) is 0 Å². The van der Waals surface area contributed by atoms with Gasteiger partial charge in [0.1, 0.15) is 12.4 Å². The van der Waals surface area contributed by atoms with E-state index in [1.54, 1.807) is 36.4 Å². The average Bonchev–Trinajstić information content (AvgIpc) is 2.39. The van der Waals surface area contributed by atoms with Crippen LogP contribution in [0, 0.1) is 0 Å². The molecule has 0 spiro atoms. The van der Waals surface area contributed by atoms with Gasteiger partial charge >= 0.3 is 0 Å². The molecule has 0 aromatic heterocycles. The standard InChI is InChI=1S/C14H14O3/c15-14(16,12-7-3-1-4-8-12)11-17-13-9-5-2-6-10-13/h1-10,15-16H,11H2. The summed E-state index contributed by atoms with van der Waals surface area (Å²) in [5.74, 6) is -1.37. The van der Waals surface area contributed by atoms with Crippen molar-refractivity contribution in [2.45, 2.75) is 5.79 Å². The fourth-order valence-electron chi connectivity index (χ4n) is 1.49. The van der Waals surface area contributed by atoms with Gasteiger partial charge in [0.15, 0.2) is 0 Å².